The van der Waals surface area contributed by atoms with Gasteiger partial charge in [0.2, 0.25) is 0 Å². The second kappa shape index (κ2) is 9.80. The number of carbonyl (C=O) groups excluding carboxylic acids is 1. The van der Waals surface area contributed by atoms with Crippen LogP contribution in [-0.4, -0.2) is 53.5 Å². The first kappa shape index (κ1) is 22.9. The zero-order chi connectivity index (χ0) is 24.4. The van der Waals surface area contributed by atoms with E-state index >= 15 is 0 Å². The fourth-order valence-electron chi connectivity index (χ4n) is 5.55. The van der Waals surface area contributed by atoms with Gasteiger partial charge < -0.3 is 15.4 Å². The number of hydrogen-bond acceptors (Lipinski definition) is 5. The van der Waals surface area contributed by atoms with Gasteiger partial charge in [0.15, 0.2) is 0 Å². The van der Waals surface area contributed by atoms with E-state index in [9.17, 15) is 4.79 Å². The molecule has 4 atom stereocenters. The van der Waals surface area contributed by atoms with Gasteiger partial charge in [-0.1, -0.05) is 18.2 Å². The van der Waals surface area contributed by atoms with E-state index in [0.29, 0.717) is 35.7 Å². The van der Waals surface area contributed by atoms with Crippen molar-refractivity contribution in [1.29, 1.82) is 5.26 Å². The molecule has 3 aromatic rings. The SMILES string of the molecule is COc1ccccc1-c1cc([C@H]2CN3CC[C@H]2C[C@@H]3CNC(=O)Nc2cccc(C#N)c2)n(C)n1. The minimum absolute atomic E-state index is 0.243. The van der Waals surface area contributed by atoms with Gasteiger partial charge in [0.05, 0.1) is 24.4 Å². The second-order valence-electron chi connectivity index (χ2n) is 9.35. The molecule has 3 fully saturated rings. The van der Waals surface area contributed by atoms with E-state index in [-0.39, 0.29) is 6.03 Å². The van der Waals surface area contributed by atoms with Crippen LogP contribution in [0.4, 0.5) is 10.5 Å². The lowest BCUT2D eigenvalue weighted by Crippen LogP contribution is -2.56. The molecule has 0 aliphatic carbocycles. The lowest BCUT2D eigenvalue weighted by Gasteiger charge is -2.49. The third-order valence-electron chi connectivity index (χ3n) is 7.31. The van der Waals surface area contributed by atoms with Gasteiger partial charge in [0.1, 0.15) is 5.75 Å². The minimum Gasteiger partial charge on any atom is -0.496 e. The monoisotopic (exact) mass is 470 g/mol. The summed E-state index contributed by atoms with van der Waals surface area (Å²) in [5.74, 6) is 1.81. The Morgan fingerprint density at radius 2 is 2.09 bits per heavy atom. The van der Waals surface area contributed by atoms with Crippen LogP contribution in [0.25, 0.3) is 11.3 Å². The van der Waals surface area contributed by atoms with Gasteiger partial charge in [-0.05, 0) is 61.7 Å². The minimum atomic E-state index is -0.243. The number of nitriles is 1. The molecule has 1 unspecified atom stereocenters. The summed E-state index contributed by atoms with van der Waals surface area (Å²) in [5.41, 5.74) is 4.34. The van der Waals surface area contributed by atoms with Gasteiger partial charge in [0.25, 0.3) is 0 Å². The fourth-order valence-corrected chi connectivity index (χ4v) is 5.55. The number of hydrogen-bond donors (Lipinski definition) is 2. The number of amides is 2. The average Bonchev–Trinajstić information content (AvgIpc) is 3.29. The molecule has 8 nitrogen and oxygen atoms in total. The number of aryl methyl sites for hydroxylation is 1. The predicted octanol–water partition coefficient (Wildman–Crippen LogP) is 3.97. The zero-order valence-electron chi connectivity index (χ0n) is 20.1. The molecular weight excluding hydrogens is 440 g/mol. The summed E-state index contributed by atoms with van der Waals surface area (Å²) in [6.07, 6.45) is 2.20. The van der Waals surface area contributed by atoms with E-state index in [0.717, 1.165) is 42.9 Å². The maximum absolute atomic E-state index is 12.4. The van der Waals surface area contributed by atoms with Crippen LogP contribution < -0.4 is 15.4 Å². The van der Waals surface area contributed by atoms with Crippen LogP contribution in [0.5, 0.6) is 5.75 Å². The first-order valence-corrected chi connectivity index (χ1v) is 12.0. The summed E-state index contributed by atoms with van der Waals surface area (Å²) in [6.45, 7) is 2.62. The molecule has 2 N–H and O–H groups in total. The molecule has 3 aliphatic heterocycles. The van der Waals surface area contributed by atoms with Crippen molar-refractivity contribution < 1.29 is 9.53 Å². The number of nitrogens with one attached hydrogen (secondary N) is 2. The van der Waals surface area contributed by atoms with Crippen molar-refractivity contribution in [2.45, 2.75) is 24.8 Å². The average molecular weight is 471 g/mol. The van der Waals surface area contributed by atoms with E-state index in [2.05, 4.69) is 27.7 Å². The zero-order valence-corrected chi connectivity index (χ0v) is 20.1. The second-order valence-corrected chi connectivity index (χ2v) is 9.35. The molecule has 2 bridgehead atoms. The van der Waals surface area contributed by atoms with Gasteiger partial charge in [-0.25, -0.2) is 4.79 Å². The Bertz CT molecular complexity index is 1260. The van der Waals surface area contributed by atoms with Crippen LogP contribution in [0, 0.1) is 17.2 Å². The predicted molar refractivity (Wildman–Crippen MR) is 134 cm³/mol. The molecule has 3 saturated heterocycles. The van der Waals surface area contributed by atoms with Crippen molar-refractivity contribution in [2.24, 2.45) is 13.0 Å². The Hall–Kier alpha value is -3.83. The molecule has 8 heteroatoms. The quantitative estimate of drug-likeness (QED) is 0.569. The van der Waals surface area contributed by atoms with E-state index < -0.39 is 0 Å². The molecular formula is C27H30N6O2. The van der Waals surface area contributed by atoms with Crippen LogP contribution in [0.2, 0.25) is 0 Å². The van der Waals surface area contributed by atoms with Crippen LogP contribution in [0.3, 0.4) is 0 Å². The summed E-state index contributed by atoms with van der Waals surface area (Å²) in [6, 6.07) is 19.3. The van der Waals surface area contributed by atoms with Crippen molar-refractivity contribution in [3.05, 3.63) is 65.9 Å². The highest BCUT2D eigenvalue weighted by Crippen LogP contribution is 2.42. The molecule has 2 amide bonds. The molecule has 6 rings (SSSR count). The molecule has 1 aromatic heterocycles. The smallest absolute Gasteiger partial charge is 0.319 e. The lowest BCUT2D eigenvalue weighted by atomic mass is 9.74. The molecule has 2 aromatic carbocycles. The number of aromatic nitrogens is 2. The molecule has 3 aliphatic rings. The molecule has 180 valence electrons. The maximum Gasteiger partial charge on any atom is 0.319 e. The van der Waals surface area contributed by atoms with Crippen molar-refractivity contribution in [3.8, 4) is 23.1 Å². The van der Waals surface area contributed by atoms with Gasteiger partial charge in [0, 0.05) is 49.0 Å². The van der Waals surface area contributed by atoms with E-state index in [1.54, 1.807) is 31.4 Å². The highest BCUT2D eigenvalue weighted by atomic mass is 16.5. The molecule has 0 radical (unpaired) electrons. The highest BCUT2D eigenvalue weighted by Gasteiger charge is 2.42. The molecule has 0 spiro atoms. The topological polar surface area (TPSA) is 95.2 Å². The van der Waals surface area contributed by atoms with Crippen molar-refractivity contribution in [1.82, 2.24) is 20.0 Å². The Balaban J connectivity index is 1.22. The molecule has 35 heavy (non-hydrogen) atoms. The fraction of sp³-hybridized carbons (Fsp3) is 0.370. The summed E-state index contributed by atoms with van der Waals surface area (Å²) in [4.78, 5) is 14.9. The number of fused-ring (bicyclic) bond motifs is 3. The Morgan fingerprint density at radius 3 is 2.86 bits per heavy atom. The number of ether oxygens (including phenoxy) is 1. The summed E-state index contributed by atoms with van der Waals surface area (Å²) in [5, 5.41) is 19.7. The van der Waals surface area contributed by atoms with Crippen molar-refractivity contribution in [2.75, 3.05) is 32.1 Å². The van der Waals surface area contributed by atoms with Gasteiger partial charge >= 0.3 is 6.03 Å². The maximum atomic E-state index is 12.4. The standard InChI is InChI=1S/C27H30N6O2/c1-32-25(14-24(31-32)22-8-3-4-9-26(22)35-2)23-17-33-11-10-19(23)13-21(33)16-29-27(34)30-20-7-5-6-18(12-20)15-28/h3-9,12,14,19,21,23H,10-11,13,16-17H2,1-2H3,(H2,29,30,34)/t19-,21+,23-/m0/s1. The van der Waals surface area contributed by atoms with Gasteiger partial charge in [-0.3, -0.25) is 9.58 Å². The van der Waals surface area contributed by atoms with Crippen LogP contribution >= 0.6 is 0 Å². The van der Waals surface area contributed by atoms with Crippen LogP contribution in [0.1, 0.15) is 30.0 Å². The van der Waals surface area contributed by atoms with Crippen molar-refractivity contribution in [3.63, 3.8) is 0 Å². The number of benzene rings is 2. The summed E-state index contributed by atoms with van der Waals surface area (Å²) in [7, 11) is 3.71. The molecule has 0 saturated carbocycles. The first-order valence-electron chi connectivity index (χ1n) is 12.0. The number of rotatable bonds is 6. The highest BCUT2D eigenvalue weighted by molar-refractivity contribution is 5.89. The number of nitrogens with zero attached hydrogens (tertiary/aromatic N) is 4. The number of para-hydroxylation sites is 1. The summed E-state index contributed by atoms with van der Waals surface area (Å²) < 4.78 is 7.56. The largest absolute Gasteiger partial charge is 0.496 e. The number of anilines is 1. The third kappa shape index (κ3) is 4.73. The number of piperidine rings is 3. The summed E-state index contributed by atoms with van der Waals surface area (Å²) >= 11 is 0. The van der Waals surface area contributed by atoms with E-state index in [1.165, 1.54) is 5.69 Å². The van der Waals surface area contributed by atoms with Gasteiger partial charge in [-0.2, -0.15) is 10.4 Å². The van der Waals surface area contributed by atoms with E-state index in [1.807, 2.05) is 36.0 Å². The normalized spacial score (nSPS) is 22.9. The van der Waals surface area contributed by atoms with Gasteiger partial charge in [-0.15, -0.1) is 0 Å². The Labute approximate surface area is 205 Å². The first-order chi connectivity index (χ1) is 17.1. The Morgan fingerprint density at radius 1 is 1.23 bits per heavy atom. The van der Waals surface area contributed by atoms with Crippen LogP contribution in [0.15, 0.2) is 54.6 Å². The number of urea groups is 1. The number of carbonyl (C=O) groups is 1. The van der Waals surface area contributed by atoms with Crippen molar-refractivity contribution >= 4 is 11.7 Å². The van der Waals surface area contributed by atoms with Crippen LogP contribution in [-0.2, 0) is 7.05 Å². The lowest BCUT2D eigenvalue weighted by molar-refractivity contribution is 0.0296. The third-order valence-corrected chi connectivity index (χ3v) is 7.31. The molecule has 4 heterocycles. The Kier molecular flexibility index (Phi) is 6.43. The number of methoxy groups -OCH3 is 1. The van der Waals surface area contributed by atoms with E-state index in [4.69, 9.17) is 15.1 Å².